The second kappa shape index (κ2) is 7.24. The second-order valence-electron chi connectivity index (χ2n) is 5.30. The summed E-state index contributed by atoms with van der Waals surface area (Å²) in [6, 6.07) is 0. The molecule has 1 aliphatic rings. The first-order valence-corrected chi connectivity index (χ1v) is 6.54. The minimum Gasteiger partial charge on any atom is -0.378 e. The van der Waals surface area contributed by atoms with Crippen LogP contribution < -0.4 is 5.73 Å². The first kappa shape index (κ1) is 13.0. The quantitative estimate of drug-likeness (QED) is 0.705. The molecule has 2 nitrogen and oxygen atoms in total. The molecular formula is C13H27NO. The molecule has 15 heavy (non-hydrogen) atoms. The molecule has 0 bridgehead atoms. The molecule has 90 valence electrons. The molecule has 0 aromatic carbocycles. The van der Waals surface area contributed by atoms with E-state index in [1.165, 1.54) is 38.5 Å². The van der Waals surface area contributed by atoms with Gasteiger partial charge in [0.2, 0.25) is 0 Å². The fourth-order valence-corrected chi connectivity index (χ4v) is 2.50. The van der Waals surface area contributed by atoms with Crippen molar-refractivity contribution in [3.63, 3.8) is 0 Å². The summed E-state index contributed by atoms with van der Waals surface area (Å²) in [5.41, 5.74) is 5.78. The van der Waals surface area contributed by atoms with Gasteiger partial charge in [-0.15, -0.1) is 0 Å². The van der Waals surface area contributed by atoms with Gasteiger partial charge in [-0.1, -0.05) is 20.3 Å². The van der Waals surface area contributed by atoms with Crippen LogP contribution in [0.5, 0.6) is 0 Å². The summed E-state index contributed by atoms with van der Waals surface area (Å²) >= 11 is 0. The van der Waals surface area contributed by atoms with Crippen LogP contribution in [-0.2, 0) is 4.74 Å². The molecule has 1 aliphatic heterocycles. The van der Waals surface area contributed by atoms with Gasteiger partial charge in [-0.25, -0.2) is 0 Å². The van der Waals surface area contributed by atoms with E-state index in [9.17, 15) is 0 Å². The Morgan fingerprint density at radius 1 is 1.40 bits per heavy atom. The summed E-state index contributed by atoms with van der Waals surface area (Å²) in [7, 11) is 0. The first-order valence-electron chi connectivity index (χ1n) is 6.54. The van der Waals surface area contributed by atoms with Crippen LogP contribution in [0.4, 0.5) is 0 Å². The Kier molecular flexibility index (Phi) is 6.26. The third-order valence-electron chi connectivity index (χ3n) is 3.30. The summed E-state index contributed by atoms with van der Waals surface area (Å²) in [4.78, 5) is 0. The molecule has 2 N–H and O–H groups in total. The molecular weight excluding hydrogens is 186 g/mol. The SMILES string of the molecule is CC(C)CC(CN)CCCC1CCCO1. The molecule has 0 aromatic rings. The number of ether oxygens (including phenoxy) is 1. The fraction of sp³-hybridized carbons (Fsp3) is 1.00. The van der Waals surface area contributed by atoms with Crippen molar-refractivity contribution in [2.24, 2.45) is 17.6 Å². The monoisotopic (exact) mass is 213 g/mol. The number of hydrogen-bond donors (Lipinski definition) is 1. The molecule has 0 amide bonds. The summed E-state index contributed by atoms with van der Waals surface area (Å²) in [6.45, 7) is 6.40. The molecule has 0 spiro atoms. The fourth-order valence-electron chi connectivity index (χ4n) is 2.50. The van der Waals surface area contributed by atoms with E-state index in [0.29, 0.717) is 6.10 Å². The lowest BCUT2D eigenvalue weighted by Crippen LogP contribution is -2.17. The Balaban J connectivity index is 2.05. The third kappa shape index (κ3) is 5.53. The maximum Gasteiger partial charge on any atom is 0.0576 e. The largest absolute Gasteiger partial charge is 0.378 e. The van der Waals surface area contributed by atoms with Gasteiger partial charge in [0.15, 0.2) is 0 Å². The lowest BCUT2D eigenvalue weighted by atomic mass is 9.92. The van der Waals surface area contributed by atoms with Crippen LogP contribution in [-0.4, -0.2) is 19.3 Å². The lowest BCUT2D eigenvalue weighted by molar-refractivity contribution is 0.100. The Labute approximate surface area is 94.6 Å². The van der Waals surface area contributed by atoms with Crippen LogP contribution in [0.2, 0.25) is 0 Å². The topological polar surface area (TPSA) is 35.2 Å². The number of rotatable bonds is 7. The highest BCUT2D eigenvalue weighted by Crippen LogP contribution is 2.21. The molecule has 2 heteroatoms. The van der Waals surface area contributed by atoms with E-state index < -0.39 is 0 Å². The van der Waals surface area contributed by atoms with E-state index in [0.717, 1.165) is 25.0 Å². The third-order valence-corrected chi connectivity index (χ3v) is 3.30. The van der Waals surface area contributed by atoms with Gasteiger partial charge in [0.05, 0.1) is 6.10 Å². The highest BCUT2D eigenvalue weighted by Gasteiger charge is 2.16. The maximum absolute atomic E-state index is 5.78. The zero-order valence-electron chi connectivity index (χ0n) is 10.4. The lowest BCUT2D eigenvalue weighted by Gasteiger charge is -2.17. The van der Waals surface area contributed by atoms with Gasteiger partial charge in [-0.2, -0.15) is 0 Å². The molecule has 1 saturated heterocycles. The van der Waals surface area contributed by atoms with Crippen molar-refractivity contribution in [1.29, 1.82) is 0 Å². The predicted molar refractivity (Wildman–Crippen MR) is 64.8 cm³/mol. The predicted octanol–water partition coefficient (Wildman–Crippen LogP) is 2.96. The highest BCUT2D eigenvalue weighted by molar-refractivity contribution is 4.68. The zero-order valence-corrected chi connectivity index (χ0v) is 10.4. The maximum atomic E-state index is 5.78. The van der Waals surface area contributed by atoms with E-state index >= 15 is 0 Å². The molecule has 2 unspecified atom stereocenters. The van der Waals surface area contributed by atoms with Crippen molar-refractivity contribution >= 4 is 0 Å². The van der Waals surface area contributed by atoms with E-state index in [2.05, 4.69) is 13.8 Å². The van der Waals surface area contributed by atoms with Crippen molar-refractivity contribution in [2.45, 2.75) is 58.5 Å². The molecule has 0 aliphatic carbocycles. The van der Waals surface area contributed by atoms with Gasteiger partial charge in [-0.05, 0) is 50.5 Å². The van der Waals surface area contributed by atoms with Crippen LogP contribution in [0.15, 0.2) is 0 Å². The van der Waals surface area contributed by atoms with Gasteiger partial charge < -0.3 is 10.5 Å². The van der Waals surface area contributed by atoms with Gasteiger partial charge >= 0.3 is 0 Å². The minimum atomic E-state index is 0.558. The standard InChI is InChI=1S/C13H27NO/c1-11(2)9-12(10-14)5-3-6-13-7-4-8-15-13/h11-13H,3-10,14H2,1-2H3. The average Bonchev–Trinajstić information content (AvgIpc) is 2.68. The van der Waals surface area contributed by atoms with Crippen LogP contribution in [0.25, 0.3) is 0 Å². The minimum absolute atomic E-state index is 0.558. The van der Waals surface area contributed by atoms with Crippen molar-refractivity contribution in [3.8, 4) is 0 Å². The Morgan fingerprint density at radius 2 is 2.20 bits per heavy atom. The van der Waals surface area contributed by atoms with Crippen LogP contribution in [0.3, 0.4) is 0 Å². The Hall–Kier alpha value is -0.0800. The first-order chi connectivity index (χ1) is 7.22. The van der Waals surface area contributed by atoms with Gasteiger partial charge in [0.1, 0.15) is 0 Å². The molecule has 2 atom stereocenters. The van der Waals surface area contributed by atoms with Crippen LogP contribution in [0.1, 0.15) is 52.4 Å². The van der Waals surface area contributed by atoms with Crippen LogP contribution in [0, 0.1) is 11.8 Å². The second-order valence-corrected chi connectivity index (χ2v) is 5.30. The van der Waals surface area contributed by atoms with E-state index in [4.69, 9.17) is 10.5 Å². The highest BCUT2D eigenvalue weighted by atomic mass is 16.5. The Morgan fingerprint density at radius 3 is 2.73 bits per heavy atom. The summed E-state index contributed by atoms with van der Waals surface area (Å²) in [5, 5.41) is 0. The van der Waals surface area contributed by atoms with Crippen molar-refractivity contribution in [1.82, 2.24) is 0 Å². The van der Waals surface area contributed by atoms with Gasteiger partial charge in [0, 0.05) is 6.61 Å². The molecule has 0 saturated carbocycles. The van der Waals surface area contributed by atoms with E-state index in [-0.39, 0.29) is 0 Å². The molecule has 1 heterocycles. The Bertz CT molecular complexity index is 153. The molecule has 0 aromatic heterocycles. The smallest absolute Gasteiger partial charge is 0.0576 e. The van der Waals surface area contributed by atoms with Gasteiger partial charge in [-0.3, -0.25) is 0 Å². The normalized spacial score (nSPS) is 23.6. The van der Waals surface area contributed by atoms with E-state index in [1.807, 2.05) is 0 Å². The van der Waals surface area contributed by atoms with Crippen LogP contribution >= 0.6 is 0 Å². The van der Waals surface area contributed by atoms with Crippen molar-refractivity contribution < 1.29 is 4.74 Å². The number of hydrogen-bond acceptors (Lipinski definition) is 2. The van der Waals surface area contributed by atoms with Crippen molar-refractivity contribution in [2.75, 3.05) is 13.2 Å². The molecule has 0 radical (unpaired) electrons. The van der Waals surface area contributed by atoms with E-state index in [1.54, 1.807) is 0 Å². The average molecular weight is 213 g/mol. The zero-order chi connectivity index (χ0) is 11.1. The number of nitrogens with two attached hydrogens (primary N) is 1. The summed E-state index contributed by atoms with van der Waals surface area (Å²) in [5.74, 6) is 1.51. The molecule has 1 rings (SSSR count). The summed E-state index contributed by atoms with van der Waals surface area (Å²) in [6.07, 6.45) is 8.20. The van der Waals surface area contributed by atoms with Gasteiger partial charge in [0.25, 0.3) is 0 Å². The molecule has 1 fully saturated rings. The summed E-state index contributed by atoms with van der Waals surface area (Å²) < 4.78 is 5.62. The van der Waals surface area contributed by atoms with Crippen molar-refractivity contribution in [3.05, 3.63) is 0 Å².